The molecule has 0 aromatic heterocycles. The molecule has 0 saturated carbocycles. The SMILES string of the molecule is COc1ccc(/C(=C\C2=NCCO2)Nc2ccccc2)cc1. The van der Waals surface area contributed by atoms with E-state index in [1.807, 2.05) is 60.7 Å². The summed E-state index contributed by atoms with van der Waals surface area (Å²) in [5, 5.41) is 3.42. The van der Waals surface area contributed by atoms with Crippen molar-refractivity contribution in [3.05, 3.63) is 66.2 Å². The van der Waals surface area contributed by atoms with E-state index >= 15 is 0 Å². The predicted octanol–water partition coefficient (Wildman–Crippen LogP) is 3.58. The zero-order chi connectivity index (χ0) is 15.2. The lowest BCUT2D eigenvalue weighted by Gasteiger charge is -2.12. The second-order valence-electron chi connectivity index (χ2n) is 4.85. The van der Waals surface area contributed by atoms with Gasteiger partial charge in [-0.3, -0.25) is 0 Å². The third-order valence-electron chi connectivity index (χ3n) is 3.33. The highest BCUT2D eigenvalue weighted by atomic mass is 16.5. The number of nitrogens with zero attached hydrogens (tertiary/aromatic N) is 1. The molecule has 0 aliphatic carbocycles. The van der Waals surface area contributed by atoms with Gasteiger partial charge in [0.05, 0.1) is 19.4 Å². The van der Waals surface area contributed by atoms with Gasteiger partial charge in [-0.15, -0.1) is 0 Å². The molecule has 1 N–H and O–H groups in total. The van der Waals surface area contributed by atoms with E-state index < -0.39 is 0 Å². The Hall–Kier alpha value is -2.75. The monoisotopic (exact) mass is 294 g/mol. The lowest BCUT2D eigenvalue weighted by atomic mass is 10.1. The lowest BCUT2D eigenvalue weighted by Crippen LogP contribution is -2.03. The largest absolute Gasteiger partial charge is 0.497 e. The zero-order valence-corrected chi connectivity index (χ0v) is 12.5. The average molecular weight is 294 g/mol. The van der Waals surface area contributed by atoms with Crippen molar-refractivity contribution in [2.45, 2.75) is 0 Å². The maximum atomic E-state index is 5.50. The minimum atomic E-state index is 0.646. The minimum Gasteiger partial charge on any atom is -0.497 e. The van der Waals surface area contributed by atoms with E-state index in [1.165, 1.54) is 0 Å². The van der Waals surface area contributed by atoms with Crippen molar-refractivity contribution >= 4 is 17.3 Å². The molecular weight excluding hydrogens is 276 g/mol. The van der Waals surface area contributed by atoms with Crippen LogP contribution >= 0.6 is 0 Å². The van der Waals surface area contributed by atoms with Crippen molar-refractivity contribution in [1.82, 2.24) is 0 Å². The van der Waals surface area contributed by atoms with Crippen molar-refractivity contribution in [3.8, 4) is 5.75 Å². The summed E-state index contributed by atoms with van der Waals surface area (Å²) < 4.78 is 10.7. The van der Waals surface area contributed by atoms with Crippen LogP contribution in [-0.4, -0.2) is 26.2 Å². The van der Waals surface area contributed by atoms with Gasteiger partial charge in [-0.25, -0.2) is 4.99 Å². The van der Waals surface area contributed by atoms with Crippen LogP contribution in [0.2, 0.25) is 0 Å². The van der Waals surface area contributed by atoms with Crippen molar-refractivity contribution in [2.24, 2.45) is 4.99 Å². The standard InChI is InChI=1S/C18H18N2O2/c1-21-16-9-7-14(8-10-16)17(13-18-19-11-12-22-18)20-15-5-3-2-4-6-15/h2-10,13,20H,11-12H2,1H3/b17-13+. The number of hydrogen-bond donors (Lipinski definition) is 1. The molecule has 0 amide bonds. The number of ether oxygens (including phenoxy) is 2. The number of para-hydroxylation sites is 1. The molecule has 0 unspecified atom stereocenters. The quantitative estimate of drug-likeness (QED) is 0.916. The molecule has 2 aromatic carbocycles. The third kappa shape index (κ3) is 3.47. The first kappa shape index (κ1) is 14.2. The van der Waals surface area contributed by atoms with Crippen LogP contribution < -0.4 is 10.1 Å². The lowest BCUT2D eigenvalue weighted by molar-refractivity contribution is 0.350. The number of nitrogens with one attached hydrogen (secondary N) is 1. The third-order valence-corrected chi connectivity index (χ3v) is 3.33. The fourth-order valence-electron chi connectivity index (χ4n) is 2.20. The topological polar surface area (TPSA) is 42.9 Å². The van der Waals surface area contributed by atoms with Gasteiger partial charge in [-0.05, 0) is 42.0 Å². The van der Waals surface area contributed by atoms with Gasteiger partial charge >= 0.3 is 0 Å². The first-order chi connectivity index (χ1) is 10.8. The summed E-state index contributed by atoms with van der Waals surface area (Å²) in [6, 6.07) is 17.9. The molecule has 0 fully saturated rings. The molecule has 0 atom stereocenters. The Balaban J connectivity index is 1.91. The molecule has 3 rings (SSSR count). The molecule has 1 aliphatic heterocycles. The van der Waals surface area contributed by atoms with Gasteiger partial charge < -0.3 is 14.8 Å². The van der Waals surface area contributed by atoms with Gasteiger partial charge in [-0.2, -0.15) is 0 Å². The van der Waals surface area contributed by atoms with Gasteiger partial charge in [0.1, 0.15) is 12.4 Å². The van der Waals surface area contributed by atoms with E-state index in [9.17, 15) is 0 Å². The molecule has 2 aromatic rings. The Morgan fingerprint density at radius 1 is 1.14 bits per heavy atom. The van der Waals surface area contributed by atoms with E-state index in [2.05, 4.69) is 10.3 Å². The minimum absolute atomic E-state index is 0.646. The summed E-state index contributed by atoms with van der Waals surface area (Å²) in [4.78, 5) is 4.33. The van der Waals surface area contributed by atoms with Gasteiger partial charge in [0, 0.05) is 11.8 Å². The number of aliphatic imine (C=N–C) groups is 1. The molecular formula is C18H18N2O2. The van der Waals surface area contributed by atoms with Crippen LogP contribution in [0.5, 0.6) is 5.75 Å². The molecule has 0 bridgehead atoms. The van der Waals surface area contributed by atoms with Crippen molar-refractivity contribution in [1.29, 1.82) is 0 Å². The van der Waals surface area contributed by atoms with Crippen LogP contribution in [0.1, 0.15) is 5.56 Å². The van der Waals surface area contributed by atoms with Gasteiger partial charge in [0.15, 0.2) is 0 Å². The molecule has 0 spiro atoms. The van der Waals surface area contributed by atoms with E-state index in [-0.39, 0.29) is 0 Å². The number of hydrogen-bond acceptors (Lipinski definition) is 4. The van der Waals surface area contributed by atoms with Crippen LogP contribution in [0, 0.1) is 0 Å². The second kappa shape index (κ2) is 6.80. The van der Waals surface area contributed by atoms with E-state index in [1.54, 1.807) is 7.11 Å². The second-order valence-corrected chi connectivity index (χ2v) is 4.85. The number of anilines is 1. The summed E-state index contributed by atoms with van der Waals surface area (Å²) >= 11 is 0. The number of rotatable bonds is 5. The first-order valence-electron chi connectivity index (χ1n) is 7.20. The van der Waals surface area contributed by atoms with Gasteiger partial charge in [0.2, 0.25) is 5.90 Å². The van der Waals surface area contributed by atoms with Crippen molar-refractivity contribution in [2.75, 3.05) is 25.6 Å². The van der Waals surface area contributed by atoms with Crippen LogP contribution in [-0.2, 0) is 4.74 Å². The Bertz CT molecular complexity index is 676. The molecule has 0 radical (unpaired) electrons. The number of benzene rings is 2. The molecule has 4 nitrogen and oxygen atoms in total. The average Bonchev–Trinajstić information content (AvgIpc) is 3.08. The number of methoxy groups -OCH3 is 1. The molecule has 1 heterocycles. The van der Waals surface area contributed by atoms with E-state index in [0.717, 1.165) is 22.7 Å². The highest BCUT2D eigenvalue weighted by molar-refractivity contribution is 5.98. The van der Waals surface area contributed by atoms with Crippen LogP contribution in [0.3, 0.4) is 0 Å². The highest BCUT2D eigenvalue weighted by Crippen LogP contribution is 2.21. The van der Waals surface area contributed by atoms with Crippen LogP contribution in [0.4, 0.5) is 5.69 Å². The van der Waals surface area contributed by atoms with Crippen molar-refractivity contribution < 1.29 is 9.47 Å². The van der Waals surface area contributed by atoms with Crippen molar-refractivity contribution in [3.63, 3.8) is 0 Å². The summed E-state index contributed by atoms with van der Waals surface area (Å²) in [6.07, 6.45) is 1.93. The summed E-state index contributed by atoms with van der Waals surface area (Å²) in [5.41, 5.74) is 3.00. The Morgan fingerprint density at radius 3 is 2.55 bits per heavy atom. The zero-order valence-electron chi connectivity index (χ0n) is 12.5. The van der Waals surface area contributed by atoms with Crippen LogP contribution in [0.25, 0.3) is 5.70 Å². The fraction of sp³-hybridized carbons (Fsp3) is 0.167. The molecule has 22 heavy (non-hydrogen) atoms. The van der Waals surface area contributed by atoms with Crippen LogP contribution in [0.15, 0.2) is 65.7 Å². The molecule has 4 heteroatoms. The Kier molecular flexibility index (Phi) is 4.39. The summed E-state index contributed by atoms with van der Waals surface area (Å²) in [5.74, 6) is 1.49. The van der Waals surface area contributed by atoms with Gasteiger partial charge in [-0.1, -0.05) is 18.2 Å². The fourth-order valence-corrected chi connectivity index (χ4v) is 2.20. The molecule has 112 valence electrons. The predicted molar refractivity (Wildman–Crippen MR) is 89.3 cm³/mol. The summed E-state index contributed by atoms with van der Waals surface area (Å²) in [6.45, 7) is 1.36. The van der Waals surface area contributed by atoms with Gasteiger partial charge in [0.25, 0.3) is 0 Å². The Morgan fingerprint density at radius 2 is 1.91 bits per heavy atom. The highest BCUT2D eigenvalue weighted by Gasteiger charge is 2.09. The smallest absolute Gasteiger partial charge is 0.210 e. The summed E-state index contributed by atoms with van der Waals surface area (Å²) in [7, 11) is 1.66. The normalized spacial score (nSPS) is 14.2. The molecule has 0 saturated heterocycles. The van der Waals surface area contributed by atoms with E-state index in [0.29, 0.717) is 19.0 Å². The van der Waals surface area contributed by atoms with E-state index in [4.69, 9.17) is 9.47 Å². The maximum Gasteiger partial charge on any atom is 0.210 e. The molecule has 1 aliphatic rings. The first-order valence-corrected chi connectivity index (χ1v) is 7.20. The Labute approximate surface area is 130 Å². The maximum absolute atomic E-state index is 5.50.